The maximum absolute atomic E-state index is 13.8. The first-order valence-corrected chi connectivity index (χ1v) is 10.4. The smallest absolute Gasteiger partial charge is 0.378 e. The molecule has 0 saturated carbocycles. The summed E-state index contributed by atoms with van der Waals surface area (Å²) in [5.74, 6) is 1.46. The molecule has 170 valence electrons. The summed E-state index contributed by atoms with van der Waals surface area (Å²) >= 11 is 0. The quantitative estimate of drug-likeness (QED) is 0.586. The van der Waals surface area contributed by atoms with Gasteiger partial charge in [-0.25, -0.2) is 4.98 Å². The number of hydrogen-bond acceptors (Lipinski definition) is 7. The van der Waals surface area contributed by atoms with Gasteiger partial charge in [0.05, 0.1) is 18.8 Å². The molecule has 0 unspecified atom stereocenters. The summed E-state index contributed by atoms with van der Waals surface area (Å²) in [7, 11) is 0. The number of alkyl halides is 3. The van der Waals surface area contributed by atoms with E-state index in [9.17, 15) is 13.2 Å². The summed E-state index contributed by atoms with van der Waals surface area (Å²) in [4.78, 5) is 10.4. The van der Waals surface area contributed by atoms with Gasteiger partial charge in [0.2, 0.25) is 0 Å². The van der Waals surface area contributed by atoms with Crippen molar-refractivity contribution in [3.8, 4) is 11.5 Å². The Morgan fingerprint density at radius 3 is 2.59 bits per heavy atom. The lowest BCUT2D eigenvalue weighted by Crippen LogP contribution is -2.36. The van der Waals surface area contributed by atoms with E-state index in [1.807, 2.05) is 18.7 Å². The van der Waals surface area contributed by atoms with Crippen LogP contribution in [-0.2, 0) is 17.5 Å². The molecule has 2 aromatic heterocycles. The number of nitrogens with zero attached hydrogens (tertiary/aromatic N) is 4. The molecule has 0 spiro atoms. The predicted octanol–water partition coefficient (Wildman–Crippen LogP) is 4.72. The molecule has 32 heavy (non-hydrogen) atoms. The van der Waals surface area contributed by atoms with E-state index >= 15 is 0 Å². The highest BCUT2D eigenvalue weighted by Crippen LogP contribution is 2.35. The Hall–Kier alpha value is -3.14. The third-order valence-electron chi connectivity index (χ3n) is 5.20. The standard InChI is InChI=1S/C22H24F3N5O2/c1-14(2)20-28-21(32-29-20)15-5-6-26-19(11-15)27-13-16-3-4-17(12-18(16)22(23,24)25)30-7-9-31-10-8-30/h3-6,11-12,14H,7-10,13H2,1-2H3,(H,26,27). The van der Waals surface area contributed by atoms with Crippen molar-refractivity contribution in [1.29, 1.82) is 0 Å². The fourth-order valence-electron chi connectivity index (χ4n) is 3.43. The van der Waals surface area contributed by atoms with Gasteiger partial charge < -0.3 is 19.5 Å². The van der Waals surface area contributed by atoms with Crippen LogP contribution in [0.25, 0.3) is 11.5 Å². The Kier molecular flexibility index (Phi) is 6.31. The zero-order valence-electron chi connectivity index (χ0n) is 17.8. The number of pyridine rings is 1. The minimum atomic E-state index is -4.47. The number of halogens is 3. The molecule has 0 aliphatic carbocycles. The van der Waals surface area contributed by atoms with Gasteiger partial charge in [0.15, 0.2) is 5.82 Å². The SMILES string of the molecule is CC(C)c1noc(-c2ccnc(NCc3ccc(N4CCOCC4)cc3C(F)(F)F)c2)n1. The molecule has 0 amide bonds. The molecule has 1 saturated heterocycles. The van der Waals surface area contributed by atoms with Crippen LogP contribution in [-0.4, -0.2) is 41.4 Å². The fraction of sp³-hybridized carbons (Fsp3) is 0.409. The molecule has 7 nitrogen and oxygen atoms in total. The third-order valence-corrected chi connectivity index (χ3v) is 5.20. The molecule has 3 heterocycles. The highest BCUT2D eigenvalue weighted by atomic mass is 19.4. The van der Waals surface area contributed by atoms with Gasteiger partial charge in [-0.15, -0.1) is 0 Å². The largest absolute Gasteiger partial charge is 0.416 e. The van der Waals surface area contributed by atoms with E-state index < -0.39 is 11.7 Å². The lowest BCUT2D eigenvalue weighted by Gasteiger charge is -2.29. The average molecular weight is 447 g/mol. The summed E-state index contributed by atoms with van der Waals surface area (Å²) in [6.07, 6.45) is -2.92. The summed E-state index contributed by atoms with van der Waals surface area (Å²) in [5, 5.41) is 6.91. The number of anilines is 2. The molecule has 10 heteroatoms. The first-order chi connectivity index (χ1) is 15.3. The fourth-order valence-corrected chi connectivity index (χ4v) is 3.43. The van der Waals surface area contributed by atoms with Gasteiger partial charge in [0.25, 0.3) is 5.89 Å². The van der Waals surface area contributed by atoms with E-state index in [1.54, 1.807) is 24.4 Å². The van der Waals surface area contributed by atoms with E-state index in [0.29, 0.717) is 55.1 Å². The maximum atomic E-state index is 13.8. The van der Waals surface area contributed by atoms with Crippen LogP contribution in [0, 0.1) is 0 Å². The first kappa shape index (κ1) is 22.1. The minimum absolute atomic E-state index is 0.0320. The topological polar surface area (TPSA) is 76.3 Å². The number of nitrogens with one attached hydrogen (secondary N) is 1. The third kappa shape index (κ3) is 5.01. The minimum Gasteiger partial charge on any atom is -0.378 e. The van der Waals surface area contributed by atoms with Crippen molar-refractivity contribution in [3.63, 3.8) is 0 Å². The molecule has 1 aliphatic heterocycles. The molecule has 1 aliphatic rings. The van der Waals surface area contributed by atoms with Crippen molar-refractivity contribution in [1.82, 2.24) is 15.1 Å². The molecule has 0 radical (unpaired) electrons. The van der Waals surface area contributed by atoms with E-state index in [2.05, 4.69) is 20.4 Å². The zero-order chi connectivity index (χ0) is 22.7. The van der Waals surface area contributed by atoms with Crippen molar-refractivity contribution < 1.29 is 22.4 Å². The normalized spacial score (nSPS) is 14.8. The van der Waals surface area contributed by atoms with E-state index in [4.69, 9.17) is 9.26 Å². The number of ether oxygens (including phenoxy) is 1. The molecular formula is C22H24F3N5O2. The summed E-state index contributed by atoms with van der Waals surface area (Å²) in [6, 6.07) is 7.82. The Balaban J connectivity index is 1.52. The second-order valence-electron chi connectivity index (χ2n) is 7.83. The van der Waals surface area contributed by atoms with Gasteiger partial charge >= 0.3 is 6.18 Å². The summed E-state index contributed by atoms with van der Waals surface area (Å²) < 4.78 is 51.9. The second-order valence-corrected chi connectivity index (χ2v) is 7.83. The van der Waals surface area contributed by atoms with Gasteiger partial charge in [0, 0.05) is 43.0 Å². The van der Waals surface area contributed by atoms with E-state index in [0.717, 1.165) is 0 Å². The highest BCUT2D eigenvalue weighted by Gasteiger charge is 2.34. The van der Waals surface area contributed by atoms with E-state index in [-0.39, 0.29) is 18.0 Å². The van der Waals surface area contributed by atoms with Crippen LogP contribution in [0.3, 0.4) is 0 Å². The molecule has 4 rings (SSSR count). The van der Waals surface area contributed by atoms with Gasteiger partial charge in [-0.3, -0.25) is 0 Å². The predicted molar refractivity (Wildman–Crippen MR) is 113 cm³/mol. The van der Waals surface area contributed by atoms with Crippen LogP contribution in [0.5, 0.6) is 0 Å². The second kappa shape index (κ2) is 9.15. The number of rotatable bonds is 6. The number of hydrogen-bond donors (Lipinski definition) is 1. The van der Waals surface area contributed by atoms with Gasteiger partial charge in [-0.1, -0.05) is 25.1 Å². The van der Waals surface area contributed by atoms with Crippen LogP contribution in [0.4, 0.5) is 24.7 Å². The first-order valence-electron chi connectivity index (χ1n) is 10.4. The monoisotopic (exact) mass is 447 g/mol. The molecule has 0 bridgehead atoms. The van der Waals surface area contributed by atoms with Crippen molar-refractivity contribution in [2.45, 2.75) is 32.5 Å². The van der Waals surface area contributed by atoms with Gasteiger partial charge in [-0.2, -0.15) is 18.2 Å². The average Bonchev–Trinajstić information content (AvgIpc) is 3.29. The molecular weight excluding hydrogens is 423 g/mol. The Morgan fingerprint density at radius 1 is 1.12 bits per heavy atom. The lowest BCUT2D eigenvalue weighted by molar-refractivity contribution is -0.138. The zero-order valence-corrected chi connectivity index (χ0v) is 17.8. The van der Waals surface area contributed by atoms with Crippen LogP contribution < -0.4 is 10.2 Å². The maximum Gasteiger partial charge on any atom is 0.416 e. The van der Waals surface area contributed by atoms with Gasteiger partial charge in [-0.05, 0) is 29.8 Å². The van der Waals surface area contributed by atoms with Crippen LogP contribution >= 0.6 is 0 Å². The van der Waals surface area contributed by atoms with E-state index in [1.165, 1.54) is 12.1 Å². The Bertz CT molecular complexity index is 1060. The van der Waals surface area contributed by atoms with Crippen LogP contribution in [0.1, 0.15) is 36.7 Å². The molecule has 1 aromatic carbocycles. The van der Waals surface area contributed by atoms with Crippen LogP contribution in [0.2, 0.25) is 0 Å². The van der Waals surface area contributed by atoms with Crippen molar-refractivity contribution >= 4 is 11.5 Å². The number of aromatic nitrogens is 3. The Morgan fingerprint density at radius 2 is 1.91 bits per heavy atom. The van der Waals surface area contributed by atoms with Crippen molar-refractivity contribution in [3.05, 3.63) is 53.5 Å². The van der Waals surface area contributed by atoms with Crippen molar-refractivity contribution in [2.24, 2.45) is 0 Å². The molecule has 1 fully saturated rings. The summed E-state index contributed by atoms with van der Waals surface area (Å²) in [6.45, 7) is 6.03. The molecule has 3 aromatic rings. The molecule has 1 N–H and O–H groups in total. The highest BCUT2D eigenvalue weighted by molar-refractivity contribution is 5.58. The lowest BCUT2D eigenvalue weighted by atomic mass is 10.0. The number of morpholine rings is 1. The molecule has 0 atom stereocenters. The van der Waals surface area contributed by atoms with Gasteiger partial charge in [0.1, 0.15) is 5.82 Å². The summed E-state index contributed by atoms with van der Waals surface area (Å²) in [5.41, 5.74) is 0.660. The van der Waals surface area contributed by atoms with Crippen LogP contribution in [0.15, 0.2) is 41.1 Å². The Labute approximate surface area is 183 Å². The number of benzene rings is 1. The van der Waals surface area contributed by atoms with Crippen molar-refractivity contribution in [2.75, 3.05) is 36.5 Å².